The van der Waals surface area contributed by atoms with Gasteiger partial charge in [-0.25, -0.2) is 19.5 Å². The maximum Gasteiger partial charge on any atom is 0.197 e. The first-order chi connectivity index (χ1) is 11.1. The van der Waals surface area contributed by atoms with Crippen LogP contribution < -0.4 is 4.74 Å². The lowest BCUT2D eigenvalue weighted by molar-refractivity contribution is 0.416. The van der Waals surface area contributed by atoms with E-state index in [0.717, 1.165) is 28.1 Å². The number of rotatable bonds is 2. The van der Waals surface area contributed by atoms with Crippen LogP contribution in [0.1, 0.15) is 5.56 Å². The van der Waals surface area contributed by atoms with E-state index >= 15 is 0 Å². The van der Waals surface area contributed by atoms with Crippen LogP contribution in [0.3, 0.4) is 0 Å². The normalized spacial score (nSPS) is 11.5. The van der Waals surface area contributed by atoms with Crippen LogP contribution >= 0.6 is 11.6 Å². The van der Waals surface area contributed by atoms with Crippen LogP contribution in [-0.2, 0) is 7.05 Å². The summed E-state index contributed by atoms with van der Waals surface area (Å²) in [5.74, 6) is 1.39. The molecule has 0 bridgehead atoms. The van der Waals surface area contributed by atoms with Gasteiger partial charge in [0.05, 0.1) is 7.11 Å². The number of ether oxygens (including phenoxy) is 1. The molecular weight excluding hydrogens is 316 g/mol. The molecule has 0 N–H and O–H groups in total. The van der Waals surface area contributed by atoms with Crippen molar-refractivity contribution in [1.82, 2.24) is 29.1 Å². The number of hydrogen-bond acceptors (Lipinski definition) is 5. The van der Waals surface area contributed by atoms with Gasteiger partial charge in [-0.3, -0.25) is 0 Å². The van der Waals surface area contributed by atoms with Gasteiger partial charge in [-0.15, -0.1) is 0 Å². The minimum atomic E-state index is 0.453. The zero-order chi connectivity index (χ0) is 16.1. The number of fused-ring (bicyclic) bond motifs is 2. The van der Waals surface area contributed by atoms with Crippen LogP contribution in [0.2, 0.25) is 5.15 Å². The van der Waals surface area contributed by atoms with E-state index < -0.39 is 0 Å². The highest BCUT2D eigenvalue weighted by Gasteiger charge is 2.16. The van der Waals surface area contributed by atoms with Crippen LogP contribution in [0.5, 0.6) is 5.75 Å². The highest BCUT2D eigenvalue weighted by atomic mass is 35.5. The SMILES string of the molecule is COc1cc(-c2nc3c(C)cc(Cl)nc3n2C)cn2ncnc12. The molecule has 0 radical (unpaired) electrons. The van der Waals surface area contributed by atoms with Crippen molar-refractivity contribution in [3.05, 3.63) is 35.4 Å². The monoisotopic (exact) mass is 328 g/mol. The summed E-state index contributed by atoms with van der Waals surface area (Å²) in [4.78, 5) is 13.3. The van der Waals surface area contributed by atoms with Crippen molar-refractivity contribution in [2.75, 3.05) is 7.11 Å². The fraction of sp³-hybridized carbons (Fsp3) is 0.200. The lowest BCUT2D eigenvalue weighted by atomic mass is 10.2. The number of imidazole rings is 1. The second-order valence-electron chi connectivity index (χ2n) is 5.25. The number of halogens is 1. The van der Waals surface area contributed by atoms with Gasteiger partial charge in [0.15, 0.2) is 17.0 Å². The molecule has 0 aliphatic carbocycles. The Morgan fingerprint density at radius 2 is 2.00 bits per heavy atom. The average Bonchev–Trinajstić information content (AvgIpc) is 3.12. The Morgan fingerprint density at radius 3 is 2.78 bits per heavy atom. The lowest BCUT2D eigenvalue weighted by Gasteiger charge is -2.06. The first-order valence-electron chi connectivity index (χ1n) is 6.96. The summed E-state index contributed by atoms with van der Waals surface area (Å²) in [6.07, 6.45) is 3.35. The number of pyridine rings is 2. The molecule has 0 aliphatic heterocycles. The highest BCUT2D eigenvalue weighted by molar-refractivity contribution is 6.29. The zero-order valence-electron chi connectivity index (χ0n) is 12.8. The number of nitrogens with zero attached hydrogens (tertiary/aromatic N) is 6. The van der Waals surface area contributed by atoms with Crippen molar-refractivity contribution in [3.8, 4) is 17.1 Å². The van der Waals surface area contributed by atoms with E-state index in [1.807, 2.05) is 36.9 Å². The molecule has 0 unspecified atom stereocenters. The molecule has 4 aromatic heterocycles. The molecular formula is C15H13ClN6O. The fourth-order valence-electron chi connectivity index (χ4n) is 2.69. The Kier molecular flexibility index (Phi) is 2.99. The van der Waals surface area contributed by atoms with Crippen LogP contribution in [0.15, 0.2) is 24.7 Å². The van der Waals surface area contributed by atoms with Gasteiger partial charge >= 0.3 is 0 Å². The van der Waals surface area contributed by atoms with Crippen molar-refractivity contribution >= 4 is 28.4 Å². The maximum absolute atomic E-state index is 6.07. The van der Waals surface area contributed by atoms with Crippen LogP contribution in [0.25, 0.3) is 28.2 Å². The van der Waals surface area contributed by atoms with Gasteiger partial charge in [0.1, 0.15) is 22.8 Å². The summed E-state index contributed by atoms with van der Waals surface area (Å²) in [5, 5.41) is 4.63. The standard InChI is InChI=1S/C15H13ClN6O/c1-8-4-11(16)19-15-12(8)20-13(21(15)2)9-5-10(23-3)14-17-7-18-22(14)6-9/h4-7H,1-3H3. The van der Waals surface area contributed by atoms with Crippen LogP contribution in [-0.4, -0.2) is 36.2 Å². The van der Waals surface area contributed by atoms with Gasteiger partial charge in [-0.05, 0) is 24.6 Å². The van der Waals surface area contributed by atoms with E-state index in [4.69, 9.17) is 21.3 Å². The van der Waals surface area contributed by atoms with Gasteiger partial charge in [-0.2, -0.15) is 5.10 Å². The molecule has 0 spiro atoms. The third-order valence-electron chi connectivity index (χ3n) is 3.81. The Balaban J connectivity index is 2.02. The first kappa shape index (κ1) is 14.0. The lowest BCUT2D eigenvalue weighted by Crippen LogP contribution is -1.98. The van der Waals surface area contributed by atoms with E-state index in [0.29, 0.717) is 16.5 Å². The molecule has 0 amide bonds. The van der Waals surface area contributed by atoms with Gasteiger partial charge in [0, 0.05) is 18.8 Å². The van der Waals surface area contributed by atoms with Gasteiger partial charge in [0.25, 0.3) is 0 Å². The number of methoxy groups -OCH3 is 1. The summed E-state index contributed by atoms with van der Waals surface area (Å²) >= 11 is 6.07. The van der Waals surface area contributed by atoms with Crippen LogP contribution in [0, 0.1) is 6.92 Å². The minimum absolute atomic E-state index is 0.453. The second-order valence-corrected chi connectivity index (χ2v) is 5.64. The molecule has 8 heteroatoms. The minimum Gasteiger partial charge on any atom is -0.493 e. The van der Waals surface area contributed by atoms with Crippen molar-refractivity contribution in [1.29, 1.82) is 0 Å². The number of aromatic nitrogens is 6. The predicted molar refractivity (Wildman–Crippen MR) is 86.8 cm³/mol. The van der Waals surface area contributed by atoms with Crippen molar-refractivity contribution in [3.63, 3.8) is 0 Å². The summed E-state index contributed by atoms with van der Waals surface area (Å²) in [6.45, 7) is 1.97. The number of hydrogen-bond donors (Lipinski definition) is 0. The molecule has 23 heavy (non-hydrogen) atoms. The van der Waals surface area contributed by atoms with E-state index in [1.165, 1.54) is 6.33 Å². The average molecular weight is 329 g/mol. The van der Waals surface area contributed by atoms with E-state index in [9.17, 15) is 0 Å². The highest BCUT2D eigenvalue weighted by Crippen LogP contribution is 2.29. The third kappa shape index (κ3) is 2.04. The molecule has 4 aromatic rings. The van der Waals surface area contributed by atoms with E-state index in [2.05, 4.69) is 15.1 Å². The molecule has 0 aromatic carbocycles. The molecule has 4 heterocycles. The van der Waals surface area contributed by atoms with Gasteiger partial charge in [0.2, 0.25) is 0 Å². The Bertz CT molecular complexity index is 1050. The molecule has 116 valence electrons. The molecule has 0 aliphatic rings. The predicted octanol–water partition coefficient (Wildman–Crippen LogP) is 2.65. The maximum atomic E-state index is 6.07. The summed E-state index contributed by atoms with van der Waals surface area (Å²) in [6, 6.07) is 3.70. The van der Waals surface area contributed by atoms with Crippen molar-refractivity contribution in [2.24, 2.45) is 7.05 Å². The van der Waals surface area contributed by atoms with Gasteiger partial charge < -0.3 is 9.30 Å². The fourth-order valence-corrected chi connectivity index (χ4v) is 2.93. The smallest absolute Gasteiger partial charge is 0.197 e. The topological polar surface area (TPSA) is 70.1 Å². The van der Waals surface area contributed by atoms with Gasteiger partial charge in [-0.1, -0.05) is 11.6 Å². The Hall–Kier alpha value is -2.67. The molecule has 0 atom stereocenters. The molecule has 0 saturated carbocycles. The molecule has 7 nitrogen and oxygen atoms in total. The molecule has 0 fully saturated rings. The Labute approximate surface area is 136 Å². The second kappa shape index (κ2) is 4.92. The zero-order valence-corrected chi connectivity index (χ0v) is 13.5. The molecule has 4 rings (SSSR count). The quantitative estimate of drug-likeness (QED) is 0.529. The number of aryl methyl sites for hydroxylation is 2. The first-order valence-corrected chi connectivity index (χ1v) is 7.33. The third-order valence-corrected chi connectivity index (χ3v) is 4.00. The van der Waals surface area contributed by atoms with Crippen molar-refractivity contribution in [2.45, 2.75) is 6.92 Å². The summed E-state index contributed by atoms with van der Waals surface area (Å²) < 4.78 is 8.98. The largest absolute Gasteiger partial charge is 0.493 e. The summed E-state index contributed by atoms with van der Waals surface area (Å²) in [5.41, 5.74) is 4.06. The molecule has 0 saturated heterocycles. The summed E-state index contributed by atoms with van der Waals surface area (Å²) in [7, 11) is 3.51. The van der Waals surface area contributed by atoms with E-state index in [-0.39, 0.29) is 0 Å². The Morgan fingerprint density at radius 1 is 1.17 bits per heavy atom. The van der Waals surface area contributed by atoms with Crippen LogP contribution in [0.4, 0.5) is 0 Å². The van der Waals surface area contributed by atoms with E-state index in [1.54, 1.807) is 11.6 Å². The van der Waals surface area contributed by atoms with Crippen molar-refractivity contribution < 1.29 is 4.74 Å².